The summed E-state index contributed by atoms with van der Waals surface area (Å²) in [7, 11) is 4.83. The number of aliphatic hydroxyl groups excluding tert-OH is 1. The Morgan fingerprint density at radius 2 is 2.03 bits per heavy atom. The maximum atomic E-state index is 14.0. The number of likely N-dealkylation sites (N-methyl/N-ethyl adjacent to an activating group) is 1. The van der Waals surface area contributed by atoms with Crippen molar-refractivity contribution in [3.63, 3.8) is 0 Å². The number of hydrogen-bond acceptors (Lipinski definition) is 8. The zero-order chi connectivity index (χ0) is 25.9. The zero-order valence-electron chi connectivity index (χ0n) is 19.4. The summed E-state index contributed by atoms with van der Waals surface area (Å²) in [6.45, 7) is 1.82. The molecule has 1 aromatic carbocycles. The highest BCUT2D eigenvalue weighted by atomic mass is 35.5. The van der Waals surface area contributed by atoms with Gasteiger partial charge in [-0.25, -0.2) is 4.79 Å². The van der Waals surface area contributed by atoms with Gasteiger partial charge in [-0.15, -0.1) is 0 Å². The second kappa shape index (κ2) is 10.7. The van der Waals surface area contributed by atoms with Gasteiger partial charge >= 0.3 is 12.1 Å². The number of halogens is 4. The van der Waals surface area contributed by atoms with Crippen molar-refractivity contribution in [1.82, 2.24) is 19.8 Å². The predicted molar refractivity (Wildman–Crippen MR) is 120 cm³/mol. The van der Waals surface area contributed by atoms with Crippen molar-refractivity contribution < 1.29 is 37.1 Å². The molecule has 2 aromatic heterocycles. The maximum absolute atomic E-state index is 14.0. The van der Waals surface area contributed by atoms with Crippen LogP contribution in [0.4, 0.5) is 13.2 Å². The van der Waals surface area contributed by atoms with E-state index in [-0.39, 0.29) is 21.8 Å². The molecule has 13 heteroatoms. The van der Waals surface area contributed by atoms with E-state index in [4.69, 9.17) is 25.6 Å². The highest BCUT2D eigenvalue weighted by molar-refractivity contribution is 6.35. The Kier molecular flexibility index (Phi) is 8.08. The monoisotopic (exact) mass is 516 g/mol. The van der Waals surface area contributed by atoms with Gasteiger partial charge in [-0.05, 0) is 27.1 Å². The van der Waals surface area contributed by atoms with Gasteiger partial charge in [-0.2, -0.15) is 18.3 Å². The molecule has 3 rings (SSSR count). The topological polar surface area (TPSA) is 103 Å². The Hall–Kier alpha value is -3.09. The highest BCUT2D eigenvalue weighted by Crippen LogP contribution is 2.43. The number of hydrogen-bond donors (Lipinski definition) is 1. The highest BCUT2D eigenvalue weighted by Gasteiger charge is 2.41. The van der Waals surface area contributed by atoms with Crippen LogP contribution in [0.2, 0.25) is 5.02 Å². The summed E-state index contributed by atoms with van der Waals surface area (Å²) >= 11 is 6.50. The molecule has 190 valence electrons. The first-order chi connectivity index (χ1) is 16.5. The molecule has 0 radical (unpaired) electrons. The van der Waals surface area contributed by atoms with Crippen molar-refractivity contribution in [2.45, 2.75) is 25.7 Å². The Labute approximate surface area is 204 Å². The number of aliphatic hydroxyl groups is 1. The fourth-order valence-corrected chi connectivity index (χ4v) is 3.60. The minimum Gasteiger partial charge on any atom is -0.491 e. The molecule has 35 heavy (non-hydrogen) atoms. The number of esters is 1. The minimum atomic E-state index is -4.88. The van der Waals surface area contributed by atoms with Crippen LogP contribution in [0.5, 0.6) is 5.75 Å². The molecule has 1 atom stereocenters. The van der Waals surface area contributed by atoms with E-state index >= 15 is 0 Å². The number of nitrogens with zero attached hydrogens (tertiary/aromatic N) is 4. The molecular weight excluding hydrogens is 493 g/mol. The van der Waals surface area contributed by atoms with Crippen LogP contribution in [-0.4, -0.2) is 71.4 Å². The number of aromatic nitrogens is 3. The molecule has 0 aliphatic heterocycles. The van der Waals surface area contributed by atoms with Crippen molar-refractivity contribution in [2.75, 3.05) is 34.4 Å². The predicted octanol–water partition coefficient (Wildman–Crippen LogP) is 3.99. The Morgan fingerprint density at radius 1 is 1.31 bits per heavy atom. The lowest BCUT2D eigenvalue weighted by Crippen LogP contribution is -2.21. The van der Waals surface area contributed by atoms with Crippen molar-refractivity contribution >= 4 is 17.6 Å². The third-order valence-electron chi connectivity index (χ3n) is 4.89. The molecular formula is C22H24ClF3N4O5. The molecule has 9 nitrogen and oxygen atoms in total. The number of carbonyl (C=O) groups excluding carboxylic acids is 1. The lowest BCUT2D eigenvalue weighted by Gasteiger charge is -2.14. The summed E-state index contributed by atoms with van der Waals surface area (Å²) in [4.78, 5) is 14.6. The molecule has 0 fully saturated rings. The van der Waals surface area contributed by atoms with Gasteiger partial charge in [-0.3, -0.25) is 4.68 Å². The summed E-state index contributed by atoms with van der Waals surface area (Å²) in [5.41, 5.74) is -2.02. The van der Waals surface area contributed by atoms with E-state index in [0.29, 0.717) is 23.6 Å². The van der Waals surface area contributed by atoms with Gasteiger partial charge < -0.3 is 24.0 Å². The van der Waals surface area contributed by atoms with E-state index in [9.17, 15) is 23.1 Å². The van der Waals surface area contributed by atoms with Gasteiger partial charge in [0.1, 0.15) is 23.6 Å². The second-order valence-electron chi connectivity index (χ2n) is 7.93. The Bertz CT molecular complexity index is 1190. The molecule has 0 saturated heterocycles. The first-order valence-corrected chi connectivity index (χ1v) is 10.8. The van der Waals surface area contributed by atoms with Crippen molar-refractivity contribution in [3.05, 3.63) is 40.7 Å². The summed E-state index contributed by atoms with van der Waals surface area (Å²) in [5, 5.41) is 17.3. The number of benzene rings is 1. The molecule has 0 aliphatic rings. The maximum Gasteiger partial charge on any atom is 0.433 e. The average molecular weight is 517 g/mol. The average Bonchev–Trinajstić information content (AvgIpc) is 3.37. The van der Waals surface area contributed by atoms with Crippen LogP contribution in [0, 0.1) is 0 Å². The number of carbonyl (C=O) groups is 1. The molecule has 2 heterocycles. The first-order valence-electron chi connectivity index (χ1n) is 10.4. The van der Waals surface area contributed by atoms with Gasteiger partial charge in [0.05, 0.1) is 36.5 Å². The van der Waals surface area contributed by atoms with E-state index < -0.39 is 41.8 Å². The lowest BCUT2D eigenvalue weighted by atomic mass is 10.0. The van der Waals surface area contributed by atoms with Crippen LogP contribution in [0.15, 0.2) is 28.9 Å². The van der Waals surface area contributed by atoms with Crippen LogP contribution in [-0.2, 0) is 17.5 Å². The van der Waals surface area contributed by atoms with Crippen LogP contribution >= 0.6 is 11.6 Å². The number of rotatable bonds is 9. The molecule has 0 bridgehead atoms. The summed E-state index contributed by atoms with van der Waals surface area (Å²) in [5.74, 6) is -1.18. The fraction of sp³-hybridized carbons (Fsp3) is 0.409. The molecule has 0 amide bonds. The van der Waals surface area contributed by atoms with Gasteiger partial charge in [0.25, 0.3) is 0 Å². The summed E-state index contributed by atoms with van der Waals surface area (Å²) in [6, 6.07) is 4.74. The summed E-state index contributed by atoms with van der Waals surface area (Å²) in [6.07, 6.45) is -5.09. The van der Waals surface area contributed by atoms with E-state index in [1.165, 1.54) is 13.0 Å². The van der Waals surface area contributed by atoms with Gasteiger partial charge in [0.2, 0.25) is 0 Å². The second-order valence-corrected chi connectivity index (χ2v) is 8.31. The molecule has 1 N–H and O–H groups in total. The van der Waals surface area contributed by atoms with Crippen LogP contribution in [0.25, 0.3) is 22.6 Å². The first kappa shape index (κ1) is 26.5. The smallest absolute Gasteiger partial charge is 0.433 e. The quantitative estimate of drug-likeness (QED) is 0.426. The van der Waals surface area contributed by atoms with E-state index in [0.717, 1.165) is 13.3 Å². The van der Waals surface area contributed by atoms with Gasteiger partial charge in [0, 0.05) is 12.1 Å². The van der Waals surface area contributed by atoms with Crippen LogP contribution < -0.4 is 4.74 Å². The normalized spacial score (nSPS) is 12.7. The Balaban J connectivity index is 2.16. The molecule has 1 unspecified atom stereocenters. The van der Waals surface area contributed by atoms with Crippen molar-refractivity contribution in [1.29, 1.82) is 0 Å². The largest absolute Gasteiger partial charge is 0.491 e. The standard InChI is InChI=1S/C22H24ClF3N4O5/c1-12(31)11-30-20(22(24,25)26)14(10-27-30)19-16(21(32)33-4)18(28-35-19)13-6-5-7-15(17(13)23)34-9-8-29(2)3/h5-7,10,12,31H,8-9,11H2,1-4H3. The van der Waals surface area contributed by atoms with Crippen LogP contribution in [0.3, 0.4) is 0 Å². The molecule has 3 aromatic rings. The fourth-order valence-electron chi connectivity index (χ4n) is 3.33. The van der Waals surface area contributed by atoms with E-state index in [1.807, 2.05) is 19.0 Å². The third-order valence-corrected chi connectivity index (χ3v) is 5.28. The van der Waals surface area contributed by atoms with Crippen LogP contribution in [0.1, 0.15) is 23.0 Å². The summed E-state index contributed by atoms with van der Waals surface area (Å²) < 4.78 is 58.2. The van der Waals surface area contributed by atoms with Crippen molar-refractivity contribution in [2.24, 2.45) is 0 Å². The van der Waals surface area contributed by atoms with Gasteiger partial charge in [-0.1, -0.05) is 28.9 Å². The molecule has 0 saturated carbocycles. The zero-order valence-corrected chi connectivity index (χ0v) is 20.1. The lowest BCUT2D eigenvalue weighted by molar-refractivity contribution is -0.144. The number of alkyl halides is 3. The molecule has 0 spiro atoms. The SMILES string of the molecule is COC(=O)c1c(-c2cccc(OCCN(C)C)c2Cl)noc1-c1cnn(CC(C)O)c1C(F)(F)F. The van der Waals surface area contributed by atoms with Crippen molar-refractivity contribution in [3.8, 4) is 28.3 Å². The van der Waals surface area contributed by atoms with Gasteiger partial charge in [0.15, 0.2) is 11.5 Å². The Morgan fingerprint density at radius 3 is 2.63 bits per heavy atom. The van der Waals surface area contributed by atoms with E-state index in [1.54, 1.807) is 12.1 Å². The van der Waals surface area contributed by atoms with E-state index in [2.05, 4.69) is 10.3 Å². The third kappa shape index (κ3) is 5.77. The number of methoxy groups -OCH3 is 1. The number of ether oxygens (including phenoxy) is 2. The minimum absolute atomic E-state index is 0.0945. The molecule has 0 aliphatic carbocycles.